The molecular weight excluding hydrogens is 306 g/mol. The molecule has 0 aliphatic rings. The molecule has 0 aliphatic heterocycles. The molecule has 0 fully saturated rings. The van der Waals surface area contributed by atoms with Gasteiger partial charge in [0.1, 0.15) is 0 Å². The zero-order chi connectivity index (χ0) is 16.7. The van der Waals surface area contributed by atoms with E-state index in [9.17, 15) is 4.79 Å². The number of rotatable bonds is 7. The maximum atomic E-state index is 12.4. The molecule has 1 aromatic heterocycles. The van der Waals surface area contributed by atoms with Gasteiger partial charge in [-0.1, -0.05) is 54.9 Å². The van der Waals surface area contributed by atoms with Crippen molar-refractivity contribution in [3.05, 3.63) is 52.8 Å². The molecule has 0 unspecified atom stereocenters. The molecule has 1 heterocycles. The van der Waals surface area contributed by atoms with Crippen molar-refractivity contribution in [2.24, 2.45) is 0 Å². The van der Waals surface area contributed by atoms with Crippen LogP contribution in [0.1, 0.15) is 40.5 Å². The van der Waals surface area contributed by atoms with Crippen molar-refractivity contribution >= 4 is 17.7 Å². The molecule has 0 atom stereocenters. The Bertz CT molecular complexity index is 656. The minimum Gasteiger partial charge on any atom is -0.352 e. The Morgan fingerprint density at radius 2 is 1.96 bits per heavy atom. The van der Waals surface area contributed by atoms with Crippen molar-refractivity contribution in [1.82, 2.24) is 15.3 Å². The first kappa shape index (κ1) is 17.5. The van der Waals surface area contributed by atoms with Gasteiger partial charge in [-0.3, -0.25) is 4.79 Å². The van der Waals surface area contributed by atoms with E-state index >= 15 is 0 Å². The Morgan fingerprint density at radius 3 is 2.61 bits per heavy atom. The molecule has 0 bridgehead atoms. The molecule has 0 saturated carbocycles. The van der Waals surface area contributed by atoms with Crippen LogP contribution in [0.5, 0.6) is 0 Å². The number of carbonyl (C=O) groups is 1. The van der Waals surface area contributed by atoms with Gasteiger partial charge in [-0.25, -0.2) is 9.97 Å². The first-order chi connectivity index (χ1) is 11.1. The topological polar surface area (TPSA) is 54.9 Å². The molecule has 2 rings (SSSR count). The fourth-order valence-corrected chi connectivity index (χ4v) is 2.64. The Morgan fingerprint density at radius 1 is 1.22 bits per heavy atom. The number of amides is 1. The van der Waals surface area contributed by atoms with Crippen LogP contribution in [-0.4, -0.2) is 28.7 Å². The van der Waals surface area contributed by atoms with Crippen LogP contribution >= 0.6 is 11.8 Å². The molecular formula is C18H23N3OS. The Balaban J connectivity index is 1.98. The SMILES string of the molecule is CCCc1nc(SC)ncc1C(=O)NCCc1ccc(C)cc1. The normalized spacial score (nSPS) is 10.6. The number of hydrogen-bond donors (Lipinski definition) is 1. The fourth-order valence-electron chi connectivity index (χ4n) is 2.28. The van der Waals surface area contributed by atoms with E-state index in [0.717, 1.165) is 25.0 Å². The summed E-state index contributed by atoms with van der Waals surface area (Å²) in [7, 11) is 0. The molecule has 4 nitrogen and oxygen atoms in total. The molecule has 0 aliphatic carbocycles. The predicted octanol–water partition coefficient (Wildman–Crippen LogP) is 3.43. The highest BCUT2D eigenvalue weighted by atomic mass is 32.2. The van der Waals surface area contributed by atoms with Crippen molar-refractivity contribution in [2.75, 3.05) is 12.8 Å². The molecule has 2 aromatic rings. The van der Waals surface area contributed by atoms with Crippen molar-refractivity contribution in [3.8, 4) is 0 Å². The van der Waals surface area contributed by atoms with Gasteiger partial charge >= 0.3 is 0 Å². The number of nitrogens with zero attached hydrogens (tertiary/aromatic N) is 2. The van der Waals surface area contributed by atoms with Crippen LogP contribution in [0.2, 0.25) is 0 Å². The average molecular weight is 329 g/mol. The second-order valence-corrected chi connectivity index (χ2v) is 6.23. The van der Waals surface area contributed by atoms with Gasteiger partial charge in [0.05, 0.1) is 11.3 Å². The highest BCUT2D eigenvalue weighted by Gasteiger charge is 2.13. The number of carbonyl (C=O) groups excluding carboxylic acids is 1. The standard InChI is InChI=1S/C18H23N3OS/c1-4-5-16-15(12-20-18(21-16)23-3)17(22)19-11-10-14-8-6-13(2)7-9-14/h6-9,12H,4-5,10-11H2,1-3H3,(H,19,22). The summed E-state index contributed by atoms with van der Waals surface area (Å²) >= 11 is 1.49. The van der Waals surface area contributed by atoms with Crippen LogP contribution in [0.3, 0.4) is 0 Å². The first-order valence-corrected chi connectivity index (χ1v) is 9.10. The van der Waals surface area contributed by atoms with E-state index in [1.807, 2.05) is 6.26 Å². The zero-order valence-electron chi connectivity index (χ0n) is 13.9. The van der Waals surface area contributed by atoms with Crippen LogP contribution < -0.4 is 5.32 Å². The van der Waals surface area contributed by atoms with Crippen LogP contribution in [0.25, 0.3) is 0 Å². The third kappa shape index (κ3) is 5.06. The number of thioether (sulfide) groups is 1. The van der Waals surface area contributed by atoms with E-state index < -0.39 is 0 Å². The minimum absolute atomic E-state index is 0.0896. The summed E-state index contributed by atoms with van der Waals surface area (Å²) in [4.78, 5) is 21.1. The van der Waals surface area contributed by atoms with Gasteiger partial charge in [-0.15, -0.1) is 0 Å². The number of benzene rings is 1. The van der Waals surface area contributed by atoms with E-state index in [1.165, 1.54) is 22.9 Å². The Kier molecular flexibility index (Phi) is 6.59. The number of hydrogen-bond acceptors (Lipinski definition) is 4. The molecule has 0 saturated heterocycles. The van der Waals surface area contributed by atoms with Gasteiger partial charge in [0.2, 0.25) is 0 Å². The minimum atomic E-state index is -0.0896. The average Bonchev–Trinajstić information content (AvgIpc) is 2.56. The monoisotopic (exact) mass is 329 g/mol. The van der Waals surface area contributed by atoms with Crippen molar-refractivity contribution in [3.63, 3.8) is 0 Å². The molecule has 1 aromatic carbocycles. The lowest BCUT2D eigenvalue weighted by Gasteiger charge is -2.10. The van der Waals surface area contributed by atoms with E-state index in [1.54, 1.807) is 6.20 Å². The van der Waals surface area contributed by atoms with Gasteiger partial charge in [-0.05, 0) is 31.6 Å². The number of aromatic nitrogens is 2. The number of nitrogens with one attached hydrogen (secondary N) is 1. The highest BCUT2D eigenvalue weighted by molar-refractivity contribution is 7.98. The second kappa shape index (κ2) is 8.67. The van der Waals surface area contributed by atoms with Gasteiger partial charge in [0.15, 0.2) is 5.16 Å². The van der Waals surface area contributed by atoms with Crippen molar-refractivity contribution in [2.45, 2.75) is 38.3 Å². The zero-order valence-corrected chi connectivity index (χ0v) is 14.7. The van der Waals surface area contributed by atoms with Crippen molar-refractivity contribution in [1.29, 1.82) is 0 Å². The lowest BCUT2D eigenvalue weighted by Crippen LogP contribution is -2.27. The lowest BCUT2D eigenvalue weighted by atomic mass is 10.1. The Hall–Kier alpha value is -1.88. The van der Waals surface area contributed by atoms with Crippen LogP contribution in [0, 0.1) is 6.92 Å². The summed E-state index contributed by atoms with van der Waals surface area (Å²) in [6, 6.07) is 8.37. The fraction of sp³-hybridized carbons (Fsp3) is 0.389. The van der Waals surface area contributed by atoms with Gasteiger partial charge in [0.25, 0.3) is 5.91 Å². The third-order valence-corrected chi connectivity index (χ3v) is 4.14. The molecule has 1 amide bonds. The highest BCUT2D eigenvalue weighted by Crippen LogP contribution is 2.14. The van der Waals surface area contributed by atoms with Crippen LogP contribution in [0.15, 0.2) is 35.6 Å². The molecule has 1 N–H and O–H groups in total. The van der Waals surface area contributed by atoms with Crippen molar-refractivity contribution < 1.29 is 4.79 Å². The maximum Gasteiger partial charge on any atom is 0.254 e. The van der Waals surface area contributed by atoms with Gasteiger partial charge in [0, 0.05) is 12.7 Å². The summed E-state index contributed by atoms with van der Waals surface area (Å²) < 4.78 is 0. The summed E-state index contributed by atoms with van der Waals surface area (Å²) in [5.41, 5.74) is 3.89. The lowest BCUT2D eigenvalue weighted by molar-refractivity contribution is 0.0952. The van der Waals surface area contributed by atoms with E-state index in [0.29, 0.717) is 17.3 Å². The quantitative estimate of drug-likeness (QED) is 0.624. The smallest absolute Gasteiger partial charge is 0.254 e. The van der Waals surface area contributed by atoms with E-state index in [2.05, 4.69) is 53.4 Å². The summed E-state index contributed by atoms with van der Waals surface area (Å²) in [6.07, 6.45) is 6.14. The largest absolute Gasteiger partial charge is 0.352 e. The van der Waals surface area contributed by atoms with Gasteiger partial charge < -0.3 is 5.32 Å². The second-order valence-electron chi connectivity index (χ2n) is 5.46. The third-order valence-electron chi connectivity index (χ3n) is 3.58. The van der Waals surface area contributed by atoms with Crippen LogP contribution in [0.4, 0.5) is 0 Å². The molecule has 122 valence electrons. The molecule has 0 radical (unpaired) electrons. The molecule has 23 heavy (non-hydrogen) atoms. The first-order valence-electron chi connectivity index (χ1n) is 7.87. The number of aryl methyl sites for hydroxylation is 2. The van der Waals surface area contributed by atoms with Gasteiger partial charge in [-0.2, -0.15) is 0 Å². The predicted molar refractivity (Wildman–Crippen MR) is 95.0 cm³/mol. The maximum absolute atomic E-state index is 12.4. The summed E-state index contributed by atoms with van der Waals surface area (Å²) in [5.74, 6) is -0.0896. The summed E-state index contributed by atoms with van der Waals surface area (Å²) in [5, 5.41) is 3.69. The van der Waals surface area contributed by atoms with Crippen LogP contribution in [-0.2, 0) is 12.8 Å². The van der Waals surface area contributed by atoms with E-state index in [4.69, 9.17) is 0 Å². The summed E-state index contributed by atoms with van der Waals surface area (Å²) in [6.45, 7) is 4.76. The molecule has 0 spiro atoms. The Labute approximate surface area is 142 Å². The molecule has 5 heteroatoms. The van der Waals surface area contributed by atoms with E-state index in [-0.39, 0.29) is 5.91 Å².